The Hall–Kier alpha value is -2.17. The van der Waals surface area contributed by atoms with Gasteiger partial charge in [0.25, 0.3) is 0 Å². The molecule has 0 aromatic carbocycles. The molecule has 0 bridgehead atoms. The minimum Gasteiger partial charge on any atom is -0.491 e. The lowest BCUT2D eigenvalue weighted by molar-refractivity contribution is 0.111. The van der Waals surface area contributed by atoms with E-state index in [1.54, 1.807) is 0 Å². The molecule has 2 unspecified atom stereocenters. The van der Waals surface area contributed by atoms with Crippen molar-refractivity contribution in [3.8, 4) is 5.75 Å². The van der Waals surface area contributed by atoms with Crippen molar-refractivity contribution in [2.45, 2.75) is 58.4 Å². The zero-order valence-electron chi connectivity index (χ0n) is 15.3. The van der Waals surface area contributed by atoms with E-state index in [1.165, 1.54) is 25.0 Å². The Morgan fingerprint density at radius 2 is 2.08 bits per heavy atom. The van der Waals surface area contributed by atoms with Gasteiger partial charge in [-0.1, -0.05) is 12.8 Å². The normalized spacial score (nSPS) is 20.6. The molecular weight excluding hydrogens is 314 g/mol. The molecule has 1 aliphatic rings. The summed E-state index contributed by atoms with van der Waals surface area (Å²) < 4.78 is 8.16. The van der Waals surface area contributed by atoms with Gasteiger partial charge >= 0.3 is 0 Å². The summed E-state index contributed by atoms with van der Waals surface area (Å²) in [6, 6.07) is 6.24. The van der Waals surface area contributed by atoms with Crippen LogP contribution >= 0.6 is 0 Å². The second kappa shape index (κ2) is 7.81. The number of ether oxygens (including phenoxy) is 1. The van der Waals surface area contributed by atoms with Gasteiger partial charge in [-0.25, -0.2) is 4.98 Å². The number of aldehydes is 1. The molecule has 0 saturated heterocycles. The molecule has 0 radical (unpaired) electrons. The van der Waals surface area contributed by atoms with Crippen LogP contribution in [0.15, 0.2) is 24.4 Å². The molecule has 1 aliphatic carbocycles. The number of carbonyl (C=O) groups excluding carboxylic acids is 1. The van der Waals surface area contributed by atoms with Crippen LogP contribution in [0.5, 0.6) is 5.75 Å². The fourth-order valence-electron chi connectivity index (χ4n) is 3.81. The van der Waals surface area contributed by atoms with Crippen LogP contribution in [0.4, 0.5) is 0 Å². The Balaban J connectivity index is 1.76. The summed E-state index contributed by atoms with van der Waals surface area (Å²) in [4.78, 5) is 15.5. The van der Waals surface area contributed by atoms with Crippen LogP contribution in [-0.4, -0.2) is 27.7 Å². The molecule has 134 valence electrons. The summed E-state index contributed by atoms with van der Waals surface area (Å²) in [6.07, 6.45) is 7.46. The van der Waals surface area contributed by atoms with Gasteiger partial charge in [0.15, 0.2) is 6.29 Å². The van der Waals surface area contributed by atoms with Gasteiger partial charge in [-0.2, -0.15) is 5.10 Å². The molecule has 25 heavy (non-hydrogen) atoms. The van der Waals surface area contributed by atoms with Gasteiger partial charge in [-0.3, -0.25) is 9.48 Å². The highest BCUT2D eigenvalue weighted by atomic mass is 16.5. The summed E-state index contributed by atoms with van der Waals surface area (Å²) in [5.41, 5.74) is 2.52. The van der Waals surface area contributed by atoms with Crippen LogP contribution in [0.1, 0.15) is 73.4 Å². The maximum atomic E-state index is 11.2. The van der Waals surface area contributed by atoms with Crippen molar-refractivity contribution >= 4 is 6.29 Å². The number of nitrogens with zero attached hydrogens (tertiary/aromatic N) is 3. The molecule has 2 atom stereocenters. The summed E-state index contributed by atoms with van der Waals surface area (Å²) in [5, 5.41) is 4.50. The molecule has 2 heterocycles. The van der Waals surface area contributed by atoms with E-state index in [0.29, 0.717) is 35.9 Å². The van der Waals surface area contributed by atoms with Crippen molar-refractivity contribution in [2.24, 2.45) is 5.92 Å². The molecule has 1 fully saturated rings. The molecule has 0 N–H and O–H groups in total. The SMILES string of the molecule is Cc1ccc(OCC2CCCCC2c2ccnn2C(C)C)c(C=O)n1. The zero-order valence-corrected chi connectivity index (χ0v) is 15.3. The van der Waals surface area contributed by atoms with E-state index in [9.17, 15) is 4.79 Å². The zero-order chi connectivity index (χ0) is 17.8. The number of hydrogen-bond acceptors (Lipinski definition) is 4. The minimum atomic E-state index is 0.358. The molecule has 1 saturated carbocycles. The summed E-state index contributed by atoms with van der Waals surface area (Å²) in [7, 11) is 0. The fraction of sp³-hybridized carbons (Fsp3) is 0.550. The number of pyridine rings is 1. The first-order valence-corrected chi connectivity index (χ1v) is 9.19. The standard InChI is InChI=1S/C20H27N3O2/c1-14(2)23-19(10-11-21-23)17-7-5-4-6-16(17)13-25-20-9-8-15(3)22-18(20)12-24/h8-12,14,16-17H,4-7,13H2,1-3H3. The van der Waals surface area contributed by atoms with E-state index < -0.39 is 0 Å². The molecule has 0 amide bonds. The Labute approximate surface area is 149 Å². The maximum Gasteiger partial charge on any atom is 0.172 e. The Morgan fingerprint density at radius 1 is 1.28 bits per heavy atom. The van der Waals surface area contributed by atoms with Crippen LogP contribution in [0.2, 0.25) is 0 Å². The second-order valence-electron chi connectivity index (χ2n) is 7.21. The highest BCUT2D eigenvalue weighted by Gasteiger charge is 2.30. The average Bonchev–Trinajstić information content (AvgIpc) is 3.10. The summed E-state index contributed by atoms with van der Waals surface area (Å²) >= 11 is 0. The van der Waals surface area contributed by atoms with Crippen molar-refractivity contribution < 1.29 is 9.53 Å². The van der Waals surface area contributed by atoms with E-state index in [-0.39, 0.29) is 0 Å². The van der Waals surface area contributed by atoms with Crippen LogP contribution < -0.4 is 4.74 Å². The molecule has 3 rings (SSSR count). The lowest BCUT2D eigenvalue weighted by Crippen LogP contribution is -2.26. The highest BCUT2D eigenvalue weighted by Crippen LogP contribution is 2.38. The Bertz CT molecular complexity index is 723. The van der Waals surface area contributed by atoms with Crippen LogP contribution in [0.25, 0.3) is 0 Å². The first-order valence-electron chi connectivity index (χ1n) is 9.19. The molecule has 5 heteroatoms. The van der Waals surface area contributed by atoms with E-state index in [4.69, 9.17) is 4.74 Å². The molecular formula is C20H27N3O2. The minimum absolute atomic E-state index is 0.358. The van der Waals surface area contributed by atoms with E-state index in [1.807, 2.05) is 25.3 Å². The third-order valence-corrected chi connectivity index (χ3v) is 5.07. The van der Waals surface area contributed by atoms with E-state index in [0.717, 1.165) is 18.4 Å². The van der Waals surface area contributed by atoms with Crippen molar-refractivity contribution in [1.82, 2.24) is 14.8 Å². The number of hydrogen-bond donors (Lipinski definition) is 0. The predicted molar refractivity (Wildman–Crippen MR) is 97.2 cm³/mol. The lowest BCUT2D eigenvalue weighted by Gasteiger charge is -2.32. The third-order valence-electron chi connectivity index (χ3n) is 5.07. The summed E-state index contributed by atoms with van der Waals surface area (Å²) in [5.74, 6) is 1.47. The van der Waals surface area contributed by atoms with Gasteiger partial charge in [-0.15, -0.1) is 0 Å². The van der Waals surface area contributed by atoms with Gasteiger partial charge in [0, 0.05) is 35.5 Å². The average molecular weight is 341 g/mol. The molecule has 0 spiro atoms. The van der Waals surface area contributed by atoms with Crippen molar-refractivity contribution in [3.63, 3.8) is 0 Å². The smallest absolute Gasteiger partial charge is 0.172 e. The first-order chi connectivity index (χ1) is 12.1. The van der Waals surface area contributed by atoms with Gasteiger partial charge in [0.05, 0.1) is 6.61 Å². The topological polar surface area (TPSA) is 57.0 Å². The van der Waals surface area contributed by atoms with Crippen molar-refractivity contribution in [3.05, 3.63) is 41.5 Å². The van der Waals surface area contributed by atoms with E-state index >= 15 is 0 Å². The number of aromatic nitrogens is 3. The number of aryl methyl sites for hydroxylation is 1. The molecule has 5 nitrogen and oxygen atoms in total. The van der Waals surface area contributed by atoms with Crippen molar-refractivity contribution in [1.29, 1.82) is 0 Å². The van der Waals surface area contributed by atoms with E-state index in [2.05, 4.69) is 34.7 Å². The number of carbonyl (C=O) groups is 1. The van der Waals surface area contributed by atoms with Gasteiger partial charge in [0.1, 0.15) is 11.4 Å². The van der Waals surface area contributed by atoms with Gasteiger partial charge < -0.3 is 4.74 Å². The fourth-order valence-corrected chi connectivity index (χ4v) is 3.81. The molecule has 0 aliphatic heterocycles. The van der Waals surface area contributed by atoms with Crippen LogP contribution in [0.3, 0.4) is 0 Å². The Kier molecular flexibility index (Phi) is 5.51. The monoisotopic (exact) mass is 341 g/mol. The van der Waals surface area contributed by atoms with Crippen LogP contribution in [0, 0.1) is 12.8 Å². The first kappa shape index (κ1) is 17.6. The third kappa shape index (κ3) is 3.91. The molecule has 2 aromatic rings. The maximum absolute atomic E-state index is 11.2. The summed E-state index contributed by atoms with van der Waals surface area (Å²) in [6.45, 7) is 6.82. The van der Waals surface area contributed by atoms with Gasteiger partial charge in [0.2, 0.25) is 0 Å². The van der Waals surface area contributed by atoms with Crippen molar-refractivity contribution in [2.75, 3.05) is 6.61 Å². The van der Waals surface area contributed by atoms with Crippen LogP contribution in [-0.2, 0) is 0 Å². The second-order valence-corrected chi connectivity index (χ2v) is 7.21. The number of rotatable bonds is 6. The predicted octanol–water partition coefficient (Wildman–Crippen LogP) is 4.33. The van der Waals surface area contributed by atoms with Gasteiger partial charge in [-0.05, 0) is 51.8 Å². The Morgan fingerprint density at radius 3 is 2.84 bits per heavy atom. The highest BCUT2D eigenvalue weighted by molar-refractivity contribution is 5.76. The largest absolute Gasteiger partial charge is 0.491 e. The quantitative estimate of drug-likeness (QED) is 0.734. The molecule has 2 aromatic heterocycles. The lowest BCUT2D eigenvalue weighted by atomic mass is 9.77.